The molecule has 2 fully saturated rings. The molecule has 1 saturated carbocycles. The SMILES string of the molecule is Cl.NC1CC(c2cccc(C3CCC3)c2)NN1. The van der Waals surface area contributed by atoms with Gasteiger partial charge in [-0.1, -0.05) is 30.7 Å². The number of rotatable bonds is 2. The summed E-state index contributed by atoms with van der Waals surface area (Å²) in [6.45, 7) is 0. The molecule has 3 nitrogen and oxygen atoms in total. The Kier molecular flexibility index (Phi) is 4.05. The molecule has 17 heavy (non-hydrogen) atoms. The summed E-state index contributed by atoms with van der Waals surface area (Å²) in [7, 11) is 0. The van der Waals surface area contributed by atoms with E-state index < -0.39 is 0 Å². The van der Waals surface area contributed by atoms with Gasteiger partial charge in [-0.15, -0.1) is 12.4 Å². The van der Waals surface area contributed by atoms with Crippen molar-refractivity contribution in [1.82, 2.24) is 10.9 Å². The molecule has 0 amide bonds. The largest absolute Gasteiger partial charge is 0.315 e. The van der Waals surface area contributed by atoms with Gasteiger partial charge in [0.05, 0.1) is 6.17 Å². The van der Waals surface area contributed by atoms with Crippen LogP contribution in [-0.2, 0) is 0 Å². The fraction of sp³-hybridized carbons (Fsp3) is 0.538. The average Bonchev–Trinajstić information content (AvgIpc) is 2.63. The van der Waals surface area contributed by atoms with Gasteiger partial charge in [0.25, 0.3) is 0 Å². The number of benzene rings is 1. The van der Waals surface area contributed by atoms with Crippen molar-refractivity contribution >= 4 is 12.4 Å². The number of nitrogens with one attached hydrogen (secondary N) is 2. The van der Waals surface area contributed by atoms with Gasteiger partial charge in [0.15, 0.2) is 0 Å². The molecule has 2 atom stereocenters. The molecule has 4 N–H and O–H groups in total. The number of hydrazine groups is 1. The van der Waals surface area contributed by atoms with E-state index in [1.54, 1.807) is 0 Å². The minimum atomic E-state index is 0. The third kappa shape index (κ3) is 2.63. The van der Waals surface area contributed by atoms with Crippen molar-refractivity contribution in [3.8, 4) is 0 Å². The van der Waals surface area contributed by atoms with Crippen LogP contribution in [0.25, 0.3) is 0 Å². The van der Waals surface area contributed by atoms with Crippen LogP contribution in [-0.4, -0.2) is 6.17 Å². The average molecular weight is 254 g/mol. The second-order valence-corrected chi connectivity index (χ2v) is 4.98. The van der Waals surface area contributed by atoms with Gasteiger partial charge in [-0.25, -0.2) is 10.9 Å². The van der Waals surface area contributed by atoms with Crippen LogP contribution in [0, 0.1) is 0 Å². The second kappa shape index (κ2) is 5.36. The molecule has 1 aromatic rings. The first kappa shape index (κ1) is 12.8. The zero-order valence-electron chi connectivity index (χ0n) is 9.86. The van der Waals surface area contributed by atoms with E-state index in [1.165, 1.54) is 30.4 Å². The molecule has 2 unspecified atom stereocenters. The summed E-state index contributed by atoms with van der Waals surface area (Å²) in [5.41, 5.74) is 15.0. The Morgan fingerprint density at radius 2 is 1.88 bits per heavy atom. The van der Waals surface area contributed by atoms with Gasteiger partial charge in [-0.2, -0.15) is 0 Å². The Balaban J connectivity index is 0.00000108. The molecule has 1 aliphatic heterocycles. The van der Waals surface area contributed by atoms with E-state index in [0.29, 0.717) is 6.04 Å². The number of halogens is 1. The van der Waals surface area contributed by atoms with Gasteiger partial charge < -0.3 is 5.73 Å². The Morgan fingerprint density at radius 1 is 1.12 bits per heavy atom. The molecule has 0 spiro atoms. The van der Waals surface area contributed by atoms with Crippen LogP contribution in [0.2, 0.25) is 0 Å². The highest BCUT2D eigenvalue weighted by Crippen LogP contribution is 2.37. The Morgan fingerprint density at radius 3 is 2.47 bits per heavy atom. The molecule has 1 aliphatic carbocycles. The van der Waals surface area contributed by atoms with E-state index in [-0.39, 0.29) is 18.6 Å². The molecular weight excluding hydrogens is 234 g/mol. The fourth-order valence-corrected chi connectivity index (χ4v) is 2.57. The van der Waals surface area contributed by atoms with Crippen LogP contribution < -0.4 is 16.6 Å². The molecule has 0 aromatic heterocycles. The van der Waals surface area contributed by atoms with Gasteiger partial charge >= 0.3 is 0 Å². The fourth-order valence-electron chi connectivity index (χ4n) is 2.57. The van der Waals surface area contributed by atoms with Crippen molar-refractivity contribution in [2.24, 2.45) is 5.73 Å². The minimum Gasteiger partial charge on any atom is -0.315 e. The van der Waals surface area contributed by atoms with E-state index in [4.69, 9.17) is 5.73 Å². The Bertz CT molecular complexity index is 379. The van der Waals surface area contributed by atoms with Crippen molar-refractivity contribution < 1.29 is 0 Å². The normalized spacial score (nSPS) is 28.5. The van der Waals surface area contributed by atoms with Crippen LogP contribution in [0.1, 0.15) is 48.8 Å². The van der Waals surface area contributed by atoms with E-state index in [9.17, 15) is 0 Å². The summed E-state index contributed by atoms with van der Waals surface area (Å²) in [4.78, 5) is 0. The molecule has 0 bridgehead atoms. The summed E-state index contributed by atoms with van der Waals surface area (Å²) < 4.78 is 0. The maximum atomic E-state index is 5.82. The van der Waals surface area contributed by atoms with Crippen molar-refractivity contribution in [3.63, 3.8) is 0 Å². The quantitative estimate of drug-likeness (QED) is 0.758. The number of nitrogens with two attached hydrogens (primary N) is 1. The third-order valence-corrected chi connectivity index (χ3v) is 3.82. The molecule has 4 heteroatoms. The van der Waals surface area contributed by atoms with E-state index in [0.717, 1.165) is 12.3 Å². The zero-order valence-corrected chi connectivity index (χ0v) is 10.7. The summed E-state index contributed by atoms with van der Waals surface area (Å²) in [5, 5.41) is 0. The van der Waals surface area contributed by atoms with Gasteiger partial charge in [-0.05, 0) is 36.3 Å². The van der Waals surface area contributed by atoms with Crippen molar-refractivity contribution in [2.75, 3.05) is 0 Å². The zero-order chi connectivity index (χ0) is 11.0. The van der Waals surface area contributed by atoms with Crippen LogP contribution in [0.5, 0.6) is 0 Å². The van der Waals surface area contributed by atoms with E-state index in [1.807, 2.05) is 0 Å². The van der Waals surface area contributed by atoms with Crippen LogP contribution in [0.4, 0.5) is 0 Å². The molecule has 94 valence electrons. The monoisotopic (exact) mass is 253 g/mol. The summed E-state index contributed by atoms with van der Waals surface area (Å²) >= 11 is 0. The van der Waals surface area contributed by atoms with Gasteiger partial charge in [0.1, 0.15) is 0 Å². The smallest absolute Gasteiger partial charge is 0.0698 e. The lowest BCUT2D eigenvalue weighted by Crippen LogP contribution is -2.36. The van der Waals surface area contributed by atoms with Crippen LogP contribution >= 0.6 is 12.4 Å². The summed E-state index contributed by atoms with van der Waals surface area (Å²) in [6.07, 6.45) is 5.16. The topological polar surface area (TPSA) is 50.1 Å². The highest BCUT2D eigenvalue weighted by atomic mass is 35.5. The lowest BCUT2D eigenvalue weighted by Gasteiger charge is -2.26. The maximum absolute atomic E-state index is 5.82. The number of hydrogen-bond acceptors (Lipinski definition) is 3. The minimum absolute atomic E-state index is 0. The first-order valence-corrected chi connectivity index (χ1v) is 6.19. The Hall–Kier alpha value is -0.610. The van der Waals surface area contributed by atoms with Gasteiger partial charge in [0.2, 0.25) is 0 Å². The van der Waals surface area contributed by atoms with Crippen LogP contribution in [0.3, 0.4) is 0 Å². The van der Waals surface area contributed by atoms with Gasteiger partial charge in [-0.3, -0.25) is 0 Å². The predicted octanol–water partition coefficient (Wildman–Crippen LogP) is 2.20. The molecular formula is C13H20ClN3. The summed E-state index contributed by atoms with van der Waals surface area (Å²) in [6, 6.07) is 9.35. The molecule has 1 heterocycles. The van der Waals surface area contributed by atoms with Crippen LogP contribution in [0.15, 0.2) is 24.3 Å². The molecule has 1 saturated heterocycles. The molecule has 1 aromatic carbocycles. The first-order valence-electron chi connectivity index (χ1n) is 6.19. The molecule has 0 radical (unpaired) electrons. The van der Waals surface area contributed by atoms with Crippen molar-refractivity contribution in [3.05, 3.63) is 35.4 Å². The second-order valence-electron chi connectivity index (χ2n) is 4.98. The van der Waals surface area contributed by atoms with Gasteiger partial charge in [0, 0.05) is 6.04 Å². The van der Waals surface area contributed by atoms with E-state index in [2.05, 4.69) is 35.1 Å². The highest BCUT2D eigenvalue weighted by molar-refractivity contribution is 5.85. The Labute approximate surface area is 109 Å². The van der Waals surface area contributed by atoms with Crippen molar-refractivity contribution in [2.45, 2.75) is 43.8 Å². The van der Waals surface area contributed by atoms with E-state index >= 15 is 0 Å². The third-order valence-electron chi connectivity index (χ3n) is 3.82. The highest BCUT2D eigenvalue weighted by Gasteiger charge is 2.24. The summed E-state index contributed by atoms with van der Waals surface area (Å²) in [5.74, 6) is 0.808. The standard InChI is InChI=1S/C13H19N3.ClH/c14-13-8-12(15-16-13)11-6-2-5-10(7-11)9-3-1-4-9;/h2,5-7,9,12-13,15-16H,1,3-4,8,14H2;1H. The maximum Gasteiger partial charge on any atom is 0.0698 e. The molecule has 3 rings (SSSR count). The number of hydrogen-bond donors (Lipinski definition) is 3. The van der Waals surface area contributed by atoms with Crippen molar-refractivity contribution in [1.29, 1.82) is 0 Å². The first-order chi connectivity index (χ1) is 7.83. The lowest BCUT2D eigenvalue weighted by molar-refractivity contribution is 0.419. The lowest BCUT2D eigenvalue weighted by atomic mass is 9.79. The predicted molar refractivity (Wildman–Crippen MR) is 71.9 cm³/mol. The molecule has 2 aliphatic rings.